The van der Waals surface area contributed by atoms with E-state index in [9.17, 15) is 18.0 Å². The molecule has 0 atom stereocenters. The van der Waals surface area contributed by atoms with E-state index in [1.807, 2.05) is 11.6 Å². The minimum absolute atomic E-state index is 0.0389. The highest BCUT2D eigenvalue weighted by Crippen LogP contribution is 2.35. The van der Waals surface area contributed by atoms with Crippen LogP contribution in [0.1, 0.15) is 49.4 Å². The molecule has 0 bridgehead atoms. The number of alkyl halides is 3. The van der Waals surface area contributed by atoms with E-state index < -0.39 is 17.6 Å². The summed E-state index contributed by atoms with van der Waals surface area (Å²) in [6.07, 6.45) is 1.27. The summed E-state index contributed by atoms with van der Waals surface area (Å²) in [4.78, 5) is 12.1. The Kier molecular flexibility index (Phi) is 6.08. The number of aromatic nitrogens is 3. The van der Waals surface area contributed by atoms with Crippen LogP contribution in [0.3, 0.4) is 0 Å². The Labute approximate surface area is 159 Å². The molecular weight excluding hydrogens is 377 g/mol. The standard InChI is InChI=1S/C18H21F3N4OS/c1-25-16(12-7-3-2-4-8-12)23-24-17(25)27-11-15(26)22-14-10-6-5-9-13(14)18(19,20)21/h5-6,9-10,12H,2-4,7-8,11H2,1H3,(H,22,26). The van der Waals surface area contributed by atoms with Crippen LogP contribution in [0.2, 0.25) is 0 Å². The molecule has 1 amide bonds. The molecule has 2 aromatic rings. The number of hydrogen-bond donors (Lipinski definition) is 1. The summed E-state index contributed by atoms with van der Waals surface area (Å²) >= 11 is 1.17. The molecule has 0 aliphatic heterocycles. The van der Waals surface area contributed by atoms with Crippen LogP contribution in [0, 0.1) is 0 Å². The van der Waals surface area contributed by atoms with Gasteiger partial charge in [0.25, 0.3) is 0 Å². The van der Waals surface area contributed by atoms with Crippen molar-refractivity contribution in [2.24, 2.45) is 7.05 Å². The summed E-state index contributed by atoms with van der Waals surface area (Å²) < 4.78 is 40.9. The average molecular weight is 398 g/mol. The lowest BCUT2D eigenvalue weighted by Crippen LogP contribution is -2.18. The minimum atomic E-state index is -4.52. The van der Waals surface area contributed by atoms with E-state index in [-0.39, 0.29) is 11.4 Å². The third-order valence-electron chi connectivity index (χ3n) is 4.68. The molecule has 3 rings (SSSR count). The molecule has 1 heterocycles. The topological polar surface area (TPSA) is 59.8 Å². The molecule has 9 heteroatoms. The normalized spacial score (nSPS) is 15.7. The number of thioether (sulfide) groups is 1. The van der Waals surface area contributed by atoms with Gasteiger partial charge in [0.1, 0.15) is 5.82 Å². The van der Waals surface area contributed by atoms with Gasteiger partial charge < -0.3 is 9.88 Å². The number of nitrogens with one attached hydrogen (secondary N) is 1. The van der Waals surface area contributed by atoms with Crippen molar-refractivity contribution >= 4 is 23.4 Å². The number of halogens is 3. The zero-order valence-corrected chi connectivity index (χ0v) is 15.7. The van der Waals surface area contributed by atoms with Crippen molar-refractivity contribution in [3.05, 3.63) is 35.7 Å². The zero-order chi connectivity index (χ0) is 19.4. The van der Waals surface area contributed by atoms with Crippen molar-refractivity contribution in [2.75, 3.05) is 11.1 Å². The third kappa shape index (κ3) is 4.82. The van der Waals surface area contributed by atoms with Crippen LogP contribution in [0.25, 0.3) is 0 Å². The van der Waals surface area contributed by atoms with Gasteiger partial charge in [0.15, 0.2) is 5.16 Å². The molecule has 1 N–H and O–H groups in total. The summed E-state index contributed by atoms with van der Waals surface area (Å²) in [5.41, 5.74) is -1.10. The second kappa shape index (κ2) is 8.33. The van der Waals surface area contributed by atoms with E-state index in [0.29, 0.717) is 11.1 Å². The van der Waals surface area contributed by atoms with E-state index in [0.717, 1.165) is 24.7 Å². The summed E-state index contributed by atoms with van der Waals surface area (Å²) in [6, 6.07) is 4.94. The predicted octanol–water partition coefficient (Wildman–Crippen LogP) is 4.61. The molecule has 1 aromatic heterocycles. The lowest BCUT2D eigenvalue weighted by atomic mass is 9.89. The maximum atomic E-state index is 13.0. The first-order chi connectivity index (χ1) is 12.9. The second-order valence-electron chi connectivity index (χ2n) is 6.61. The van der Waals surface area contributed by atoms with Crippen molar-refractivity contribution in [3.63, 3.8) is 0 Å². The molecule has 1 fully saturated rings. The molecule has 0 unspecified atom stereocenters. The average Bonchev–Trinajstić information content (AvgIpc) is 3.01. The van der Waals surface area contributed by atoms with E-state index in [2.05, 4.69) is 15.5 Å². The zero-order valence-electron chi connectivity index (χ0n) is 14.9. The van der Waals surface area contributed by atoms with Gasteiger partial charge in [-0.15, -0.1) is 10.2 Å². The Morgan fingerprint density at radius 2 is 1.93 bits per heavy atom. The van der Waals surface area contributed by atoms with Gasteiger partial charge in [-0.2, -0.15) is 13.2 Å². The lowest BCUT2D eigenvalue weighted by molar-refractivity contribution is -0.137. The first-order valence-electron chi connectivity index (χ1n) is 8.84. The highest BCUT2D eigenvalue weighted by atomic mass is 32.2. The van der Waals surface area contributed by atoms with Crippen molar-refractivity contribution < 1.29 is 18.0 Å². The maximum absolute atomic E-state index is 13.0. The number of para-hydroxylation sites is 1. The van der Waals surface area contributed by atoms with Crippen LogP contribution in [0.5, 0.6) is 0 Å². The quantitative estimate of drug-likeness (QED) is 0.747. The van der Waals surface area contributed by atoms with E-state index in [1.54, 1.807) is 0 Å². The predicted molar refractivity (Wildman–Crippen MR) is 97.6 cm³/mol. The molecule has 146 valence electrons. The van der Waals surface area contributed by atoms with Crippen LogP contribution < -0.4 is 5.32 Å². The number of carbonyl (C=O) groups excluding carboxylic acids is 1. The molecule has 1 aliphatic rings. The van der Waals surface area contributed by atoms with Crippen LogP contribution in [-0.4, -0.2) is 26.4 Å². The van der Waals surface area contributed by atoms with Crippen molar-refractivity contribution in [1.29, 1.82) is 0 Å². The highest BCUT2D eigenvalue weighted by Gasteiger charge is 2.33. The summed E-state index contributed by atoms with van der Waals surface area (Å²) in [5.74, 6) is 0.750. The van der Waals surface area contributed by atoms with E-state index in [4.69, 9.17) is 0 Å². The van der Waals surface area contributed by atoms with Gasteiger partial charge in [-0.25, -0.2) is 0 Å². The molecule has 27 heavy (non-hydrogen) atoms. The SMILES string of the molecule is Cn1c(SCC(=O)Nc2ccccc2C(F)(F)F)nnc1C1CCCCC1. The van der Waals surface area contributed by atoms with E-state index in [1.165, 1.54) is 49.2 Å². The van der Waals surface area contributed by atoms with Gasteiger partial charge in [-0.05, 0) is 25.0 Å². The molecular formula is C18H21F3N4OS. The Morgan fingerprint density at radius 1 is 1.22 bits per heavy atom. The lowest BCUT2D eigenvalue weighted by Gasteiger charge is -2.20. The summed E-state index contributed by atoms with van der Waals surface area (Å²) in [7, 11) is 1.86. The largest absolute Gasteiger partial charge is 0.418 e. The maximum Gasteiger partial charge on any atom is 0.418 e. The molecule has 0 saturated heterocycles. The highest BCUT2D eigenvalue weighted by molar-refractivity contribution is 7.99. The molecule has 1 aromatic carbocycles. The van der Waals surface area contributed by atoms with Crippen molar-refractivity contribution in [1.82, 2.24) is 14.8 Å². The van der Waals surface area contributed by atoms with Crippen molar-refractivity contribution in [2.45, 2.75) is 49.4 Å². The number of rotatable bonds is 5. The Morgan fingerprint density at radius 3 is 2.63 bits per heavy atom. The fraction of sp³-hybridized carbons (Fsp3) is 0.500. The van der Waals surface area contributed by atoms with Gasteiger partial charge in [-0.3, -0.25) is 4.79 Å². The summed E-state index contributed by atoms with van der Waals surface area (Å²) in [6.45, 7) is 0. The Bertz CT molecular complexity index is 800. The first-order valence-corrected chi connectivity index (χ1v) is 9.83. The smallest absolute Gasteiger partial charge is 0.325 e. The molecule has 0 spiro atoms. The van der Waals surface area contributed by atoms with Crippen LogP contribution in [0.15, 0.2) is 29.4 Å². The minimum Gasteiger partial charge on any atom is -0.325 e. The monoisotopic (exact) mass is 398 g/mol. The fourth-order valence-electron chi connectivity index (χ4n) is 3.32. The number of carbonyl (C=O) groups is 1. The first kappa shape index (κ1) is 19.7. The second-order valence-corrected chi connectivity index (χ2v) is 7.56. The number of amides is 1. The molecule has 1 aliphatic carbocycles. The van der Waals surface area contributed by atoms with Gasteiger partial charge in [0.2, 0.25) is 5.91 Å². The number of hydrogen-bond acceptors (Lipinski definition) is 4. The molecule has 1 saturated carbocycles. The van der Waals surface area contributed by atoms with Gasteiger partial charge >= 0.3 is 6.18 Å². The van der Waals surface area contributed by atoms with Gasteiger partial charge in [0.05, 0.1) is 17.0 Å². The number of benzene rings is 1. The fourth-order valence-corrected chi connectivity index (χ4v) is 4.04. The van der Waals surface area contributed by atoms with Crippen LogP contribution in [0.4, 0.5) is 18.9 Å². The third-order valence-corrected chi connectivity index (χ3v) is 5.70. The number of nitrogens with zero attached hydrogens (tertiary/aromatic N) is 3. The Balaban J connectivity index is 1.61. The molecule has 5 nitrogen and oxygen atoms in total. The van der Waals surface area contributed by atoms with Crippen LogP contribution in [-0.2, 0) is 18.0 Å². The van der Waals surface area contributed by atoms with E-state index >= 15 is 0 Å². The summed E-state index contributed by atoms with van der Waals surface area (Å²) in [5, 5.41) is 11.3. The number of anilines is 1. The van der Waals surface area contributed by atoms with Crippen LogP contribution >= 0.6 is 11.8 Å². The van der Waals surface area contributed by atoms with Gasteiger partial charge in [0, 0.05) is 13.0 Å². The van der Waals surface area contributed by atoms with Crippen molar-refractivity contribution in [3.8, 4) is 0 Å². The Hall–Kier alpha value is -2.03. The molecule has 0 radical (unpaired) electrons. The van der Waals surface area contributed by atoms with Gasteiger partial charge in [-0.1, -0.05) is 43.2 Å².